The Morgan fingerprint density at radius 1 is 1.26 bits per heavy atom. The second kappa shape index (κ2) is 13.1. The zero-order valence-corrected chi connectivity index (χ0v) is 21.4. The summed E-state index contributed by atoms with van der Waals surface area (Å²) in [6.07, 6.45) is 3.16. The van der Waals surface area contributed by atoms with Gasteiger partial charge in [-0.15, -0.1) is 11.3 Å². The number of hydrogen-bond acceptors (Lipinski definition) is 6. The Labute approximate surface area is 204 Å². The van der Waals surface area contributed by atoms with E-state index in [1.807, 2.05) is 12.3 Å². The van der Waals surface area contributed by atoms with Crippen molar-refractivity contribution in [2.45, 2.75) is 60.3 Å². The summed E-state index contributed by atoms with van der Waals surface area (Å²) in [7, 11) is 0. The van der Waals surface area contributed by atoms with Crippen LogP contribution in [-0.4, -0.2) is 53.9 Å². The first-order chi connectivity index (χ1) is 16.0. The van der Waals surface area contributed by atoms with Gasteiger partial charge in [0, 0.05) is 37.3 Å². The number of aromatic nitrogens is 1. The van der Waals surface area contributed by atoms with Crippen molar-refractivity contribution in [3.8, 4) is 16.3 Å². The monoisotopic (exact) mass is 498 g/mol. The number of rotatable bonds is 8. The average molecular weight is 499 g/mol. The third kappa shape index (κ3) is 8.92. The van der Waals surface area contributed by atoms with Crippen molar-refractivity contribution in [3.05, 3.63) is 35.3 Å². The maximum atomic E-state index is 12.8. The number of carboxylic acid groups (broad SMARTS) is 1. The molecule has 2 aromatic rings. The summed E-state index contributed by atoms with van der Waals surface area (Å²) in [4.78, 5) is 16.4. The third-order valence-electron chi connectivity index (χ3n) is 5.64. The van der Waals surface area contributed by atoms with Crippen molar-refractivity contribution in [2.24, 2.45) is 17.3 Å². The second-order valence-electron chi connectivity index (χ2n) is 9.95. The molecule has 0 radical (unpaired) electrons. The van der Waals surface area contributed by atoms with Gasteiger partial charge in [0.05, 0.1) is 11.7 Å². The fraction of sp³-hybridized carbons (Fsp3) is 0.600. The Kier molecular flexibility index (Phi) is 10.9. The lowest BCUT2D eigenvalue weighted by molar-refractivity contribution is -0.122. The molecule has 0 spiro atoms. The number of hydrogen-bond donors (Lipinski definition) is 1. The number of alkyl halides is 2. The zero-order chi connectivity index (χ0) is 25.3. The smallest absolute Gasteiger partial charge is 0.387 e. The summed E-state index contributed by atoms with van der Waals surface area (Å²) < 4.78 is 36.4. The average Bonchev–Trinajstić information content (AvgIpc) is 3.20. The maximum Gasteiger partial charge on any atom is 0.387 e. The molecule has 1 aliphatic rings. The summed E-state index contributed by atoms with van der Waals surface area (Å²) in [5, 5.41) is 7.59. The first-order valence-electron chi connectivity index (χ1n) is 11.4. The van der Waals surface area contributed by atoms with Crippen LogP contribution in [0.1, 0.15) is 45.9 Å². The van der Waals surface area contributed by atoms with Gasteiger partial charge in [-0.25, -0.2) is 4.98 Å². The van der Waals surface area contributed by atoms with Crippen molar-refractivity contribution in [2.75, 3.05) is 19.7 Å². The van der Waals surface area contributed by atoms with E-state index in [9.17, 15) is 8.78 Å². The third-order valence-corrected chi connectivity index (χ3v) is 6.66. The highest BCUT2D eigenvalue weighted by Crippen LogP contribution is 2.37. The van der Waals surface area contributed by atoms with Crippen LogP contribution in [0.15, 0.2) is 30.5 Å². The van der Waals surface area contributed by atoms with Gasteiger partial charge in [-0.3, -0.25) is 9.69 Å². The van der Waals surface area contributed by atoms with E-state index < -0.39 is 6.61 Å². The second-order valence-corrected chi connectivity index (χ2v) is 11.1. The summed E-state index contributed by atoms with van der Waals surface area (Å²) in [5.74, 6) is 1.22. The molecule has 2 atom stereocenters. The Morgan fingerprint density at radius 2 is 1.94 bits per heavy atom. The Bertz CT molecular complexity index is 886. The van der Waals surface area contributed by atoms with E-state index in [0.29, 0.717) is 22.4 Å². The fourth-order valence-electron chi connectivity index (χ4n) is 3.91. The molecule has 2 unspecified atom stereocenters. The molecule has 9 heteroatoms. The highest BCUT2D eigenvalue weighted by molar-refractivity contribution is 7.15. The quantitative estimate of drug-likeness (QED) is 0.449. The molecule has 0 aliphatic carbocycles. The molecule has 1 aromatic heterocycles. The van der Waals surface area contributed by atoms with E-state index >= 15 is 0 Å². The first-order valence-corrected chi connectivity index (χ1v) is 12.3. The molecule has 3 rings (SSSR count). The van der Waals surface area contributed by atoms with Crippen LogP contribution >= 0.6 is 11.3 Å². The largest absolute Gasteiger partial charge is 0.483 e. The number of para-hydroxylation sites is 1. The molecule has 190 valence electrons. The van der Waals surface area contributed by atoms with Gasteiger partial charge in [-0.05, 0) is 35.8 Å². The number of likely N-dealkylation sites (tertiary alicyclic amines) is 1. The molecule has 1 saturated heterocycles. The van der Waals surface area contributed by atoms with Gasteiger partial charge in [-0.2, -0.15) is 8.78 Å². The molecule has 2 heterocycles. The molecular weight excluding hydrogens is 462 g/mol. The van der Waals surface area contributed by atoms with Gasteiger partial charge in [-0.1, -0.05) is 46.8 Å². The Morgan fingerprint density at radius 3 is 2.56 bits per heavy atom. The van der Waals surface area contributed by atoms with Crippen molar-refractivity contribution in [3.63, 3.8) is 0 Å². The van der Waals surface area contributed by atoms with E-state index in [1.165, 1.54) is 11.3 Å². The van der Waals surface area contributed by atoms with Crippen LogP contribution in [0.4, 0.5) is 8.78 Å². The van der Waals surface area contributed by atoms with Crippen molar-refractivity contribution >= 4 is 17.8 Å². The van der Waals surface area contributed by atoms with E-state index in [0.717, 1.165) is 37.5 Å². The lowest BCUT2D eigenvalue weighted by Gasteiger charge is -2.43. The lowest BCUT2D eigenvalue weighted by Crippen LogP contribution is -2.47. The van der Waals surface area contributed by atoms with Crippen molar-refractivity contribution in [1.82, 2.24) is 9.88 Å². The molecule has 0 saturated carbocycles. The summed E-state index contributed by atoms with van der Waals surface area (Å²) in [5.41, 5.74) is 0.811. The molecule has 1 fully saturated rings. The van der Waals surface area contributed by atoms with Gasteiger partial charge in [0.2, 0.25) is 0 Å². The minimum absolute atomic E-state index is 0.159. The van der Waals surface area contributed by atoms with E-state index in [1.54, 1.807) is 18.2 Å². The number of halogens is 2. The SMILES string of the molecule is CC(C)COC1CC(C(C)(C)C)CN(Cc2cnc(-c3ccccc3OC(F)F)s2)C1.O=CO. The molecule has 1 N–H and O–H groups in total. The molecule has 6 nitrogen and oxygen atoms in total. The Hall–Kier alpha value is -2.10. The van der Waals surface area contributed by atoms with E-state index in [2.05, 4.69) is 49.2 Å². The standard InChI is InChI=1S/C24H34F2N2O2S.CH2O2/c1-16(2)15-29-18-10-17(24(3,4)5)12-28(13-18)14-19-11-27-22(31-19)20-8-6-7-9-21(20)30-23(25)26;2-1-3/h6-9,11,16-18,23H,10,12-15H2,1-5H3;1H,(H,2,3). The minimum Gasteiger partial charge on any atom is -0.483 e. The highest BCUT2D eigenvalue weighted by atomic mass is 32.1. The molecular formula is C25H36F2N2O4S. The van der Waals surface area contributed by atoms with Crippen LogP contribution in [0.25, 0.3) is 10.6 Å². The Balaban J connectivity index is 0.00000129. The summed E-state index contributed by atoms with van der Waals surface area (Å²) in [6, 6.07) is 6.82. The van der Waals surface area contributed by atoms with Crippen molar-refractivity contribution in [1.29, 1.82) is 0 Å². The topological polar surface area (TPSA) is 71.9 Å². The van der Waals surface area contributed by atoms with Crippen LogP contribution in [0.5, 0.6) is 5.75 Å². The predicted molar refractivity (Wildman–Crippen MR) is 130 cm³/mol. The van der Waals surface area contributed by atoms with Crippen LogP contribution in [0.2, 0.25) is 0 Å². The van der Waals surface area contributed by atoms with Crippen LogP contribution < -0.4 is 4.74 Å². The first kappa shape index (κ1) is 28.1. The van der Waals surface area contributed by atoms with Crippen LogP contribution in [-0.2, 0) is 16.1 Å². The van der Waals surface area contributed by atoms with Crippen LogP contribution in [0.3, 0.4) is 0 Å². The molecule has 1 aliphatic heterocycles. The molecule has 0 amide bonds. The van der Waals surface area contributed by atoms with Gasteiger partial charge >= 0.3 is 6.61 Å². The van der Waals surface area contributed by atoms with Crippen LogP contribution in [0, 0.1) is 17.3 Å². The maximum absolute atomic E-state index is 12.8. The van der Waals surface area contributed by atoms with Crippen molar-refractivity contribution < 1.29 is 28.2 Å². The molecule has 34 heavy (non-hydrogen) atoms. The number of benzene rings is 1. The molecule has 1 aromatic carbocycles. The summed E-state index contributed by atoms with van der Waals surface area (Å²) >= 11 is 1.53. The minimum atomic E-state index is -2.86. The highest BCUT2D eigenvalue weighted by Gasteiger charge is 2.35. The summed E-state index contributed by atoms with van der Waals surface area (Å²) in [6.45, 7) is 11.6. The molecule has 0 bridgehead atoms. The van der Waals surface area contributed by atoms with Gasteiger partial charge in [0.25, 0.3) is 6.47 Å². The lowest BCUT2D eigenvalue weighted by atomic mass is 9.75. The van der Waals surface area contributed by atoms with Gasteiger partial charge in [0.15, 0.2) is 0 Å². The van der Waals surface area contributed by atoms with E-state index in [4.69, 9.17) is 14.6 Å². The van der Waals surface area contributed by atoms with Gasteiger partial charge < -0.3 is 14.6 Å². The predicted octanol–water partition coefficient (Wildman–Crippen LogP) is 6.02. The normalized spacial score (nSPS) is 19.1. The van der Waals surface area contributed by atoms with E-state index in [-0.39, 0.29) is 23.7 Å². The number of carbonyl (C=O) groups is 1. The number of nitrogens with zero attached hydrogens (tertiary/aromatic N) is 2. The number of ether oxygens (including phenoxy) is 2. The van der Waals surface area contributed by atoms with Gasteiger partial charge in [0.1, 0.15) is 10.8 Å². The number of piperidine rings is 1. The zero-order valence-electron chi connectivity index (χ0n) is 20.5. The number of thiazole rings is 1. The fourth-order valence-corrected chi connectivity index (χ4v) is 4.90.